The lowest BCUT2D eigenvalue weighted by Crippen LogP contribution is -2.08. The van der Waals surface area contributed by atoms with Gasteiger partial charge in [-0.3, -0.25) is 0 Å². The molecule has 14 heavy (non-hydrogen) atoms. The van der Waals surface area contributed by atoms with E-state index in [0.29, 0.717) is 0 Å². The van der Waals surface area contributed by atoms with Gasteiger partial charge in [0.05, 0.1) is 0 Å². The van der Waals surface area contributed by atoms with E-state index in [1.54, 1.807) is 11.3 Å². The van der Waals surface area contributed by atoms with Crippen molar-refractivity contribution < 1.29 is 0 Å². The minimum Gasteiger partial charge on any atom is -0.316 e. The van der Waals surface area contributed by atoms with Gasteiger partial charge in [0.15, 0.2) is 0 Å². The van der Waals surface area contributed by atoms with Crippen LogP contribution in [0.4, 0.5) is 0 Å². The summed E-state index contributed by atoms with van der Waals surface area (Å²) in [6.07, 6.45) is 0. The van der Waals surface area contributed by atoms with Crippen LogP contribution >= 0.6 is 11.3 Å². The normalized spacial score (nSPS) is 10.6. The van der Waals surface area contributed by atoms with Crippen LogP contribution in [0.15, 0.2) is 36.2 Å². The number of likely N-dealkylation sites (N-methyl/N-ethyl adjacent to an activating group) is 1. The number of hydrogen-bond donors (Lipinski definition) is 1. The van der Waals surface area contributed by atoms with Gasteiger partial charge >= 0.3 is 0 Å². The molecule has 72 valence electrons. The van der Waals surface area contributed by atoms with E-state index in [0.717, 1.165) is 12.1 Å². The first kappa shape index (κ1) is 9.44. The zero-order chi connectivity index (χ0) is 9.97. The highest BCUT2D eigenvalue weighted by Gasteiger charge is 2.00. The SMILES string of the molecule is C=C(CNC)c1ccc2sccc2c1. The van der Waals surface area contributed by atoms with Crippen LogP contribution in [-0.4, -0.2) is 13.6 Å². The fourth-order valence-electron chi connectivity index (χ4n) is 1.50. The minimum atomic E-state index is 0.843. The molecule has 1 nitrogen and oxygen atoms in total. The fourth-order valence-corrected chi connectivity index (χ4v) is 2.27. The Kier molecular flexibility index (Phi) is 2.66. The van der Waals surface area contributed by atoms with Gasteiger partial charge in [0, 0.05) is 11.2 Å². The molecule has 1 N–H and O–H groups in total. The van der Waals surface area contributed by atoms with Crippen LogP contribution in [0.2, 0.25) is 0 Å². The van der Waals surface area contributed by atoms with Crippen molar-refractivity contribution in [3.8, 4) is 0 Å². The summed E-state index contributed by atoms with van der Waals surface area (Å²) in [7, 11) is 1.94. The predicted molar refractivity (Wildman–Crippen MR) is 64.8 cm³/mol. The summed E-state index contributed by atoms with van der Waals surface area (Å²) in [6.45, 7) is 4.89. The number of hydrogen-bond acceptors (Lipinski definition) is 2. The second-order valence-corrected chi connectivity index (χ2v) is 4.25. The lowest BCUT2D eigenvalue weighted by atomic mass is 10.1. The van der Waals surface area contributed by atoms with Crippen LogP contribution in [0.5, 0.6) is 0 Å². The Morgan fingerprint density at radius 2 is 2.29 bits per heavy atom. The van der Waals surface area contributed by atoms with Crippen molar-refractivity contribution in [3.63, 3.8) is 0 Å². The zero-order valence-corrected chi connectivity index (χ0v) is 9.03. The third kappa shape index (κ3) is 1.72. The molecule has 0 amide bonds. The lowest BCUT2D eigenvalue weighted by Gasteiger charge is -2.04. The molecule has 0 atom stereocenters. The number of fused-ring (bicyclic) bond motifs is 1. The highest BCUT2D eigenvalue weighted by molar-refractivity contribution is 7.17. The van der Waals surface area contributed by atoms with Crippen LogP contribution in [-0.2, 0) is 0 Å². The van der Waals surface area contributed by atoms with Gasteiger partial charge in [0.2, 0.25) is 0 Å². The molecule has 1 aromatic carbocycles. The summed E-state index contributed by atoms with van der Waals surface area (Å²) in [4.78, 5) is 0. The molecule has 2 rings (SSSR count). The average Bonchev–Trinajstić information content (AvgIpc) is 2.64. The molecule has 0 fully saturated rings. The molecule has 0 saturated heterocycles. The van der Waals surface area contributed by atoms with Gasteiger partial charge in [-0.15, -0.1) is 11.3 Å². The minimum absolute atomic E-state index is 0.843. The van der Waals surface area contributed by atoms with Gasteiger partial charge in [-0.05, 0) is 47.1 Å². The van der Waals surface area contributed by atoms with E-state index in [2.05, 4.69) is 41.5 Å². The van der Waals surface area contributed by atoms with Gasteiger partial charge in [-0.25, -0.2) is 0 Å². The van der Waals surface area contributed by atoms with Crippen LogP contribution in [0.25, 0.3) is 15.7 Å². The number of rotatable bonds is 3. The van der Waals surface area contributed by atoms with E-state index in [1.165, 1.54) is 15.6 Å². The molecule has 0 bridgehead atoms. The average molecular weight is 203 g/mol. The van der Waals surface area contributed by atoms with Crippen molar-refractivity contribution in [2.75, 3.05) is 13.6 Å². The van der Waals surface area contributed by atoms with Gasteiger partial charge in [-0.1, -0.05) is 12.6 Å². The molecule has 1 aromatic heterocycles. The van der Waals surface area contributed by atoms with Crippen LogP contribution in [0.1, 0.15) is 5.56 Å². The highest BCUT2D eigenvalue weighted by atomic mass is 32.1. The van der Waals surface area contributed by atoms with Crippen molar-refractivity contribution in [1.29, 1.82) is 0 Å². The Morgan fingerprint density at radius 3 is 3.07 bits per heavy atom. The van der Waals surface area contributed by atoms with E-state index in [4.69, 9.17) is 0 Å². The second-order valence-electron chi connectivity index (χ2n) is 3.31. The Hall–Kier alpha value is -1.12. The topological polar surface area (TPSA) is 12.0 Å². The predicted octanol–water partition coefficient (Wildman–Crippen LogP) is 3.13. The maximum atomic E-state index is 4.05. The van der Waals surface area contributed by atoms with Crippen LogP contribution in [0, 0.1) is 0 Å². The van der Waals surface area contributed by atoms with E-state index in [9.17, 15) is 0 Å². The van der Waals surface area contributed by atoms with Crippen LogP contribution in [0.3, 0.4) is 0 Å². The first-order valence-corrected chi connectivity index (χ1v) is 5.49. The largest absolute Gasteiger partial charge is 0.316 e. The first-order chi connectivity index (χ1) is 6.81. The number of benzene rings is 1. The molecular formula is C12H13NS. The van der Waals surface area contributed by atoms with Crippen molar-refractivity contribution in [2.24, 2.45) is 0 Å². The van der Waals surface area contributed by atoms with E-state index in [-0.39, 0.29) is 0 Å². The van der Waals surface area contributed by atoms with Gasteiger partial charge in [-0.2, -0.15) is 0 Å². The third-order valence-corrected chi connectivity index (χ3v) is 3.15. The fraction of sp³-hybridized carbons (Fsp3) is 0.167. The molecule has 0 saturated carbocycles. The number of thiophene rings is 1. The maximum absolute atomic E-state index is 4.05. The molecule has 2 aromatic rings. The van der Waals surface area contributed by atoms with E-state index >= 15 is 0 Å². The smallest absolute Gasteiger partial charge is 0.0343 e. The van der Waals surface area contributed by atoms with Crippen molar-refractivity contribution >= 4 is 27.0 Å². The first-order valence-electron chi connectivity index (χ1n) is 4.61. The van der Waals surface area contributed by atoms with E-state index in [1.807, 2.05) is 7.05 Å². The van der Waals surface area contributed by atoms with Crippen molar-refractivity contribution in [3.05, 3.63) is 41.8 Å². The van der Waals surface area contributed by atoms with Crippen LogP contribution < -0.4 is 5.32 Å². The van der Waals surface area contributed by atoms with E-state index < -0.39 is 0 Å². The van der Waals surface area contributed by atoms with Gasteiger partial charge in [0.1, 0.15) is 0 Å². The monoisotopic (exact) mass is 203 g/mol. The molecule has 0 radical (unpaired) electrons. The molecule has 0 unspecified atom stereocenters. The summed E-state index contributed by atoms with van der Waals surface area (Å²) >= 11 is 1.78. The second kappa shape index (κ2) is 3.95. The summed E-state index contributed by atoms with van der Waals surface area (Å²) < 4.78 is 1.34. The van der Waals surface area contributed by atoms with Gasteiger partial charge < -0.3 is 5.32 Å². The zero-order valence-electron chi connectivity index (χ0n) is 8.21. The Bertz CT molecular complexity index is 456. The molecule has 2 heteroatoms. The van der Waals surface area contributed by atoms with Gasteiger partial charge in [0.25, 0.3) is 0 Å². The summed E-state index contributed by atoms with van der Waals surface area (Å²) in [5, 5.41) is 6.54. The number of nitrogens with one attached hydrogen (secondary N) is 1. The Morgan fingerprint density at radius 1 is 1.43 bits per heavy atom. The molecule has 0 aliphatic rings. The summed E-state index contributed by atoms with van der Waals surface area (Å²) in [5.74, 6) is 0. The Labute approximate surface area is 88.1 Å². The standard InChI is InChI=1S/C12H13NS/c1-9(8-13-2)10-3-4-12-11(7-10)5-6-14-12/h3-7,13H,1,8H2,2H3. The quantitative estimate of drug-likeness (QED) is 0.808. The maximum Gasteiger partial charge on any atom is 0.0343 e. The van der Waals surface area contributed by atoms with Crippen molar-refractivity contribution in [2.45, 2.75) is 0 Å². The molecule has 0 aliphatic carbocycles. The molecule has 0 aliphatic heterocycles. The Balaban J connectivity index is 2.38. The summed E-state index contributed by atoms with van der Waals surface area (Å²) in [5.41, 5.74) is 2.37. The summed E-state index contributed by atoms with van der Waals surface area (Å²) in [6, 6.07) is 8.65. The molecule has 0 spiro atoms. The molecular weight excluding hydrogens is 190 g/mol. The lowest BCUT2D eigenvalue weighted by molar-refractivity contribution is 0.933. The third-order valence-electron chi connectivity index (χ3n) is 2.25. The van der Waals surface area contributed by atoms with Crippen molar-refractivity contribution in [1.82, 2.24) is 5.32 Å². The molecule has 1 heterocycles. The highest BCUT2D eigenvalue weighted by Crippen LogP contribution is 2.24.